The Morgan fingerprint density at radius 3 is 2.33 bits per heavy atom. The van der Waals surface area contributed by atoms with E-state index in [1.807, 2.05) is 37.3 Å². The van der Waals surface area contributed by atoms with Crippen LogP contribution in [0.1, 0.15) is 76.1 Å². The third-order valence-corrected chi connectivity index (χ3v) is 3.81. The summed E-state index contributed by atoms with van der Waals surface area (Å²) in [5.74, 6) is 0.0882. The topological polar surface area (TPSA) is 26.3 Å². The van der Waals surface area contributed by atoms with Crippen LogP contribution in [0.4, 0.5) is 0 Å². The van der Waals surface area contributed by atoms with Gasteiger partial charge in [-0.3, -0.25) is 4.79 Å². The van der Waals surface area contributed by atoms with Crippen molar-refractivity contribution in [3.05, 3.63) is 35.9 Å². The van der Waals surface area contributed by atoms with Crippen LogP contribution in [-0.4, -0.2) is 18.0 Å². The summed E-state index contributed by atoms with van der Waals surface area (Å²) >= 11 is 0. The van der Waals surface area contributed by atoms with Crippen LogP contribution < -0.4 is 0 Å². The number of hydrogen-bond donors (Lipinski definition) is 0. The number of carbonyl (C=O) groups excluding carboxylic acids is 1. The molecule has 2 heteroatoms. The predicted octanol–water partition coefficient (Wildman–Crippen LogP) is 5.41. The van der Waals surface area contributed by atoms with Gasteiger partial charge in [-0.2, -0.15) is 0 Å². The fourth-order valence-electron chi connectivity index (χ4n) is 2.59. The van der Waals surface area contributed by atoms with Crippen LogP contribution in [0.25, 0.3) is 0 Å². The molecule has 2 nitrogen and oxygen atoms in total. The molecular weight excluding hydrogens is 260 g/mol. The van der Waals surface area contributed by atoms with Gasteiger partial charge in [0.05, 0.1) is 6.10 Å². The Kier molecular flexibility index (Phi) is 9.00. The molecular formula is C19H30O2. The van der Waals surface area contributed by atoms with Crippen molar-refractivity contribution in [3.63, 3.8) is 0 Å². The molecule has 0 aliphatic carbocycles. The number of Topliss-reactive ketones (excluding diaryl/α,β-unsaturated/α-hetero) is 1. The molecule has 21 heavy (non-hydrogen) atoms. The van der Waals surface area contributed by atoms with Gasteiger partial charge in [0.15, 0.2) is 5.78 Å². The number of unbranched alkanes of at least 4 members (excludes halogenated alkanes) is 3. The van der Waals surface area contributed by atoms with E-state index < -0.39 is 0 Å². The summed E-state index contributed by atoms with van der Waals surface area (Å²) in [6.07, 6.45) is 8.08. The lowest BCUT2D eigenvalue weighted by Gasteiger charge is -2.21. The summed E-state index contributed by atoms with van der Waals surface area (Å²) in [4.78, 5) is 12.3. The van der Waals surface area contributed by atoms with E-state index in [2.05, 4.69) is 13.8 Å². The number of rotatable bonds is 11. The molecule has 2 atom stereocenters. The number of benzene rings is 1. The second-order valence-electron chi connectivity index (χ2n) is 5.77. The lowest BCUT2D eigenvalue weighted by molar-refractivity contribution is -0.00413. The Hall–Kier alpha value is -1.15. The van der Waals surface area contributed by atoms with Crippen LogP contribution in [0, 0.1) is 0 Å². The van der Waals surface area contributed by atoms with E-state index in [4.69, 9.17) is 4.74 Å². The second kappa shape index (κ2) is 10.6. The molecule has 0 fully saturated rings. The quantitative estimate of drug-likeness (QED) is 0.402. The van der Waals surface area contributed by atoms with E-state index in [9.17, 15) is 4.79 Å². The van der Waals surface area contributed by atoms with Crippen molar-refractivity contribution in [2.75, 3.05) is 0 Å². The van der Waals surface area contributed by atoms with Gasteiger partial charge in [-0.05, 0) is 19.8 Å². The van der Waals surface area contributed by atoms with Crippen LogP contribution in [0.5, 0.6) is 0 Å². The number of ketones is 1. The Bertz CT molecular complexity index is 386. The van der Waals surface area contributed by atoms with Gasteiger partial charge in [0, 0.05) is 5.56 Å². The van der Waals surface area contributed by atoms with Gasteiger partial charge >= 0.3 is 0 Å². The van der Waals surface area contributed by atoms with Crippen LogP contribution >= 0.6 is 0 Å². The minimum atomic E-state index is -0.352. The first-order valence-corrected chi connectivity index (χ1v) is 8.43. The maximum Gasteiger partial charge on any atom is 0.191 e. The Morgan fingerprint density at radius 1 is 1.00 bits per heavy atom. The third-order valence-electron chi connectivity index (χ3n) is 3.81. The zero-order valence-corrected chi connectivity index (χ0v) is 13.8. The highest BCUT2D eigenvalue weighted by atomic mass is 16.5. The fraction of sp³-hybridized carbons (Fsp3) is 0.632. The average molecular weight is 290 g/mol. The molecule has 0 aliphatic heterocycles. The summed E-state index contributed by atoms with van der Waals surface area (Å²) in [5.41, 5.74) is 0.742. The normalized spacial score (nSPS) is 13.9. The van der Waals surface area contributed by atoms with E-state index in [1.54, 1.807) is 0 Å². The monoisotopic (exact) mass is 290 g/mol. The third kappa shape index (κ3) is 6.90. The zero-order chi connectivity index (χ0) is 15.5. The number of ether oxygens (including phenoxy) is 1. The van der Waals surface area contributed by atoms with Crippen molar-refractivity contribution < 1.29 is 9.53 Å². The molecule has 0 saturated carbocycles. The maximum atomic E-state index is 12.3. The van der Waals surface area contributed by atoms with E-state index >= 15 is 0 Å². The molecule has 0 spiro atoms. The van der Waals surface area contributed by atoms with Crippen molar-refractivity contribution in [1.82, 2.24) is 0 Å². The van der Waals surface area contributed by atoms with E-state index in [0.717, 1.165) is 24.8 Å². The first kappa shape index (κ1) is 17.9. The van der Waals surface area contributed by atoms with Crippen LogP contribution in [0.2, 0.25) is 0 Å². The van der Waals surface area contributed by atoms with Gasteiger partial charge < -0.3 is 4.74 Å². The summed E-state index contributed by atoms with van der Waals surface area (Å²) in [7, 11) is 0. The molecule has 0 heterocycles. The van der Waals surface area contributed by atoms with Crippen molar-refractivity contribution in [3.8, 4) is 0 Å². The van der Waals surface area contributed by atoms with Gasteiger partial charge in [-0.1, -0.05) is 76.3 Å². The Morgan fingerprint density at radius 2 is 1.71 bits per heavy atom. The average Bonchev–Trinajstić information content (AvgIpc) is 2.51. The van der Waals surface area contributed by atoms with Gasteiger partial charge in [-0.15, -0.1) is 0 Å². The highest BCUT2D eigenvalue weighted by Crippen LogP contribution is 2.16. The van der Waals surface area contributed by atoms with Gasteiger partial charge in [0.2, 0.25) is 0 Å². The molecule has 1 rings (SSSR count). The largest absolute Gasteiger partial charge is 0.367 e. The molecule has 1 aromatic carbocycles. The van der Waals surface area contributed by atoms with Crippen molar-refractivity contribution in [2.45, 2.75) is 77.9 Å². The lowest BCUT2D eigenvalue weighted by atomic mass is 10.0. The van der Waals surface area contributed by atoms with Crippen LogP contribution in [0.3, 0.4) is 0 Å². The predicted molar refractivity (Wildman–Crippen MR) is 88.8 cm³/mol. The number of hydrogen-bond acceptors (Lipinski definition) is 2. The molecule has 118 valence electrons. The van der Waals surface area contributed by atoms with E-state index in [0.29, 0.717) is 0 Å². The highest BCUT2D eigenvalue weighted by molar-refractivity contribution is 5.99. The van der Waals surface area contributed by atoms with Crippen LogP contribution in [0.15, 0.2) is 30.3 Å². The Labute approximate surface area is 129 Å². The molecule has 0 aliphatic rings. The number of carbonyl (C=O) groups is 1. The van der Waals surface area contributed by atoms with Crippen LogP contribution in [-0.2, 0) is 4.74 Å². The SMILES string of the molecule is CCCCCCC(CCC)OC(C)C(=O)c1ccccc1. The van der Waals surface area contributed by atoms with Gasteiger partial charge in [-0.25, -0.2) is 0 Å². The molecule has 0 amide bonds. The lowest BCUT2D eigenvalue weighted by Crippen LogP contribution is -2.27. The fourth-order valence-corrected chi connectivity index (χ4v) is 2.59. The second-order valence-corrected chi connectivity index (χ2v) is 5.77. The standard InChI is InChI=1S/C19H30O2/c1-4-6-7-11-15-18(12-5-2)21-16(3)19(20)17-13-9-8-10-14-17/h8-10,13-14,16,18H,4-7,11-12,15H2,1-3H3. The smallest absolute Gasteiger partial charge is 0.191 e. The summed E-state index contributed by atoms with van der Waals surface area (Å²) in [5, 5.41) is 0. The maximum absolute atomic E-state index is 12.3. The van der Waals surface area contributed by atoms with Crippen molar-refractivity contribution in [2.24, 2.45) is 0 Å². The molecule has 0 bridgehead atoms. The molecule has 0 aromatic heterocycles. The van der Waals surface area contributed by atoms with Gasteiger partial charge in [0.25, 0.3) is 0 Å². The van der Waals surface area contributed by atoms with Gasteiger partial charge in [0.1, 0.15) is 6.10 Å². The molecule has 1 aromatic rings. The van der Waals surface area contributed by atoms with E-state index in [1.165, 1.54) is 25.7 Å². The highest BCUT2D eigenvalue weighted by Gasteiger charge is 2.19. The zero-order valence-electron chi connectivity index (χ0n) is 13.8. The summed E-state index contributed by atoms with van der Waals surface area (Å²) < 4.78 is 6.04. The first-order valence-electron chi connectivity index (χ1n) is 8.43. The summed E-state index contributed by atoms with van der Waals surface area (Å²) in [6, 6.07) is 9.44. The minimum absolute atomic E-state index is 0.0882. The van der Waals surface area contributed by atoms with E-state index in [-0.39, 0.29) is 18.0 Å². The molecule has 2 unspecified atom stereocenters. The Balaban J connectivity index is 2.47. The minimum Gasteiger partial charge on any atom is -0.367 e. The molecule has 0 radical (unpaired) electrons. The molecule has 0 saturated heterocycles. The van der Waals surface area contributed by atoms with Crippen molar-refractivity contribution in [1.29, 1.82) is 0 Å². The first-order chi connectivity index (χ1) is 10.2. The summed E-state index contributed by atoms with van der Waals surface area (Å²) in [6.45, 7) is 6.27. The molecule has 0 N–H and O–H groups in total. The van der Waals surface area contributed by atoms with Crippen molar-refractivity contribution >= 4 is 5.78 Å².